The molecule has 0 spiro atoms. The van der Waals surface area contributed by atoms with Crippen LogP contribution in [-0.4, -0.2) is 11.3 Å². The number of hydrogen-bond acceptors (Lipinski definition) is 1. The largest absolute Gasteiger partial charge is 0.151 e. The van der Waals surface area contributed by atoms with Crippen molar-refractivity contribution in [3.05, 3.63) is 0 Å². The highest BCUT2D eigenvalue weighted by Gasteiger charge is 2.39. The predicted molar refractivity (Wildman–Crippen MR) is 132 cm³/mol. The van der Waals surface area contributed by atoms with Crippen LogP contribution in [0.3, 0.4) is 0 Å². The van der Waals surface area contributed by atoms with Crippen LogP contribution >= 0.6 is 19.4 Å². The van der Waals surface area contributed by atoms with Crippen LogP contribution < -0.4 is 0 Å². The summed E-state index contributed by atoms with van der Waals surface area (Å²) in [5.74, 6) is 1.85. The van der Waals surface area contributed by atoms with Gasteiger partial charge in [0.05, 0.1) is 0 Å². The number of hydrogen-bond donors (Lipinski definition) is 1. The van der Waals surface area contributed by atoms with Gasteiger partial charge in [-0.05, 0) is 60.4 Å². The van der Waals surface area contributed by atoms with Gasteiger partial charge in [0, 0.05) is 0 Å². The van der Waals surface area contributed by atoms with Crippen LogP contribution in [0.1, 0.15) is 126 Å². The molecule has 0 amide bonds. The highest BCUT2D eigenvalue weighted by molar-refractivity contribution is 8.45. The van der Waals surface area contributed by atoms with Crippen LogP contribution in [-0.2, 0) is 0 Å². The van der Waals surface area contributed by atoms with Gasteiger partial charge in [0.25, 0.3) is 0 Å². The summed E-state index contributed by atoms with van der Waals surface area (Å²) in [6.07, 6.45) is 17.4. The summed E-state index contributed by atoms with van der Waals surface area (Å²) >= 11 is 4.96. The molecule has 0 radical (unpaired) electrons. The molecule has 0 bridgehead atoms. The molecular formula is C25H51PS. The summed E-state index contributed by atoms with van der Waals surface area (Å²) in [6.45, 7) is 19.5. The Morgan fingerprint density at radius 2 is 1.33 bits per heavy atom. The summed E-state index contributed by atoms with van der Waals surface area (Å²) in [5.41, 5.74) is 0.768. The number of thiol groups is 1. The second-order valence-electron chi connectivity index (χ2n) is 11.9. The summed E-state index contributed by atoms with van der Waals surface area (Å²) in [5, 5.41) is 0.381. The SMILES string of the molecule is CC(C)(C)P(S)CCCC(CCC1CCCCCCC1)C(C)(C)C(C)(C)C. The lowest BCUT2D eigenvalue weighted by molar-refractivity contribution is 0.0393. The van der Waals surface area contributed by atoms with E-state index < -0.39 is 0 Å². The molecule has 1 saturated carbocycles. The molecule has 2 atom stereocenters. The van der Waals surface area contributed by atoms with Gasteiger partial charge < -0.3 is 0 Å². The first-order chi connectivity index (χ1) is 12.4. The third-order valence-corrected chi connectivity index (χ3v) is 12.5. The Morgan fingerprint density at radius 1 is 0.815 bits per heavy atom. The zero-order valence-electron chi connectivity index (χ0n) is 20.0. The van der Waals surface area contributed by atoms with Crippen molar-refractivity contribution in [2.24, 2.45) is 22.7 Å². The predicted octanol–water partition coefficient (Wildman–Crippen LogP) is 9.72. The van der Waals surface area contributed by atoms with Gasteiger partial charge in [-0.1, -0.05) is 107 Å². The summed E-state index contributed by atoms with van der Waals surface area (Å²) in [4.78, 5) is 0. The Kier molecular flexibility index (Phi) is 10.8. The second-order valence-corrected chi connectivity index (χ2v) is 15.9. The maximum atomic E-state index is 4.96. The Morgan fingerprint density at radius 3 is 1.81 bits per heavy atom. The Hall–Kier alpha value is 0.780. The first-order valence-corrected chi connectivity index (χ1v) is 14.5. The van der Waals surface area contributed by atoms with Gasteiger partial charge in [-0.25, -0.2) is 0 Å². The normalized spacial score (nSPS) is 20.8. The third kappa shape index (κ3) is 8.99. The molecule has 0 nitrogen and oxygen atoms in total. The minimum absolute atomic E-state index is 0.150. The molecule has 2 unspecified atom stereocenters. The fraction of sp³-hybridized carbons (Fsp3) is 1.00. The van der Waals surface area contributed by atoms with E-state index in [-0.39, 0.29) is 7.12 Å². The molecule has 0 heterocycles. The molecule has 0 aliphatic heterocycles. The molecule has 1 aliphatic rings. The molecule has 1 aliphatic carbocycles. The maximum absolute atomic E-state index is 4.96. The van der Waals surface area contributed by atoms with Crippen LogP contribution in [0.4, 0.5) is 0 Å². The van der Waals surface area contributed by atoms with Crippen molar-refractivity contribution in [2.75, 3.05) is 6.16 Å². The van der Waals surface area contributed by atoms with E-state index in [1.807, 2.05) is 0 Å². The molecule has 162 valence electrons. The minimum atomic E-state index is -0.150. The van der Waals surface area contributed by atoms with E-state index in [4.69, 9.17) is 12.2 Å². The summed E-state index contributed by atoms with van der Waals surface area (Å²) in [6, 6.07) is 0. The van der Waals surface area contributed by atoms with Crippen molar-refractivity contribution < 1.29 is 0 Å². The second kappa shape index (κ2) is 11.2. The molecule has 0 N–H and O–H groups in total. The van der Waals surface area contributed by atoms with E-state index in [0.29, 0.717) is 16.0 Å². The number of rotatable bonds is 8. The third-order valence-electron chi connectivity index (χ3n) is 7.80. The van der Waals surface area contributed by atoms with Gasteiger partial charge in [0.2, 0.25) is 0 Å². The van der Waals surface area contributed by atoms with Gasteiger partial charge in [0.15, 0.2) is 0 Å². The minimum Gasteiger partial charge on any atom is -0.151 e. The topological polar surface area (TPSA) is 0 Å². The van der Waals surface area contributed by atoms with Crippen molar-refractivity contribution in [3.8, 4) is 0 Å². The highest BCUT2D eigenvalue weighted by Crippen LogP contribution is 2.55. The van der Waals surface area contributed by atoms with E-state index in [2.05, 4.69) is 55.4 Å². The first kappa shape index (κ1) is 25.8. The van der Waals surface area contributed by atoms with Gasteiger partial charge in [0.1, 0.15) is 0 Å². The fourth-order valence-corrected chi connectivity index (χ4v) is 6.14. The molecule has 0 aromatic heterocycles. The average molecular weight is 415 g/mol. The van der Waals surface area contributed by atoms with Gasteiger partial charge in [-0.15, -0.1) is 0 Å². The smallest absolute Gasteiger partial charge is 0.00897 e. The Bertz CT molecular complexity index is 394. The molecular weight excluding hydrogens is 363 g/mol. The van der Waals surface area contributed by atoms with Crippen molar-refractivity contribution >= 4 is 19.4 Å². The van der Waals surface area contributed by atoms with Gasteiger partial charge in [-0.2, -0.15) is 12.2 Å². The highest BCUT2D eigenvalue weighted by atomic mass is 32.7. The molecule has 1 fully saturated rings. The molecule has 0 aromatic carbocycles. The van der Waals surface area contributed by atoms with Crippen molar-refractivity contribution in [1.29, 1.82) is 0 Å². The molecule has 0 aromatic rings. The monoisotopic (exact) mass is 414 g/mol. The van der Waals surface area contributed by atoms with E-state index in [1.54, 1.807) is 0 Å². The van der Waals surface area contributed by atoms with Crippen LogP contribution in [0, 0.1) is 22.7 Å². The first-order valence-electron chi connectivity index (χ1n) is 11.8. The Labute approximate surface area is 179 Å². The fourth-order valence-electron chi connectivity index (χ4n) is 4.57. The van der Waals surface area contributed by atoms with E-state index in [9.17, 15) is 0 Å². The zero-order chi connectivity index (χ0) is 20.7. The lowest BCUT2D eigenvalue weighted by Crippen LogP contribution is -2.37. The van der Waals surface area contributed by atoms with Crippen molar-refractivity contribution in [1.82, 2.24) is 0 Å². The van der Waals surface area contributed by atoms with Crippen LogP contribution in [0.15, 0.2) is 0 Å². The zero-order valence-corrected chi connectivity index (χ0v) is 21.8. The maximum Gasteiger partial charge on any atom is -0.00897 e. The summed E-state index contributed by atoms with van der Waals surface area (Å²) in [7, 11) is -0.150. The Balaban J connectivity index is 2.67. The lowest BCUT2D eigenvalue weighted by Gasteiger charge is -2.46. The van der Waals surface area contributed by atoms with Gasteiger partial charge >= 0.3 is 0 Å². The van der Waals surface area contributed by atoms with Crippen LogP contribution in [0.25, 0.3) is 0 Å². The average Bonchev–Trinajstić information content (AvgIpc) is 2.49. The standard InChI is InChI=1S/C25H51PS/c1-23(2,3)25(7,8)22(17-14-20-26(27)24(4,5)6)19-18-21-15-12-10-9-11-13-16-21/h21-22,27H,9-20H2,1-8H3. The molecule has 2 heteroatoms. The molecule has 1 rings (SSSR count). The summed E-state index contributed by atoms with van der Waals surface area (Å²) < 4.78 is 0. The van der Waals surface area contributed by atoms with Crippen LogP contribution in [0.2, 0.25) is 0 Å². The van der Waals surface area contributed by atoms with Crippen molar-refractivity contribution in [2.45, 2.75) is 131 Å². The van der Waals surface area contributed by atoms with Crippen LogP contribution in [0.5, 0.6) is 0 Å². The molecule has 0 saturated heterocycles. The van der Waals surface area contributed by atoms with Gasteiger partial charge in [-0.3, -0.25) is 0 Å². The molecule has 27 heavy (non-hydrogen) atoms. The van der Waals surface area contributed by atoms with E-state index >= 15 is 0 Å². The van der Waals surface area contributed by atoms with E-state index in [0.717, 1.165) is 11.8 Å². The van der Waals surface area contributed by atoms with E-state index in [1.165, 1.54) is 76.8 Å². The lowest BCUT2D eigenvalue weighted by atomic mass is 9.59. The quantitative estimate of drug-likeness (QED) is 0.296. The van der Waals surface area contributed by atoms with Crippen molar-refractivity contribution in [3.63, 3.8) is 0 Å².